The highest BCUT2D eigenvalue weighted by molar-refractivity contribution is 9.10. The fourth-order valence-corrected chi connectivity index (χ4v) is 2.47. The maximum atomic E-state index is 12.3. The van der Waals surface area contributed by atoms with Crippen LogP contribution in [-0.4, -0.2) is 16.7 Å². The molecular weight excluding hydrogens is 296 g/mol. The van der Waals surface area contributed by atoms with E-state index in [0.717, 1.165) is 4.47 Å². The molecular formula is C14H7BrO3. The number of rotatable bonds is 0. The Balaban J connectivity index is 2.31. The van der Waals surface area contributed by atoms with Gasteiger partial charge in [-0.1, -0.05) is 15.9 Å². The van der Waals surface area contributed by atoms with E-state index in [9.17, 15) is 14.7 Å². The van der Waals surface area contributed by atoms with E-state index < -0.39 is 0 Å². The lowest BCUT2D eigenvalue weighted by atomic mass is 9.84. The third-order valence-electron chi connectivity index (χ3n) is 2.96. The van der Waals surface area contributed by atoms with E-state index in [0.29, 0.717) is 16.7 Å². The summed E-state index contributed by atoms with van der Waals surface area (Å²) in [5, 5.41) is 9.41. The largest absolute Gasteiger partial charge is 0.508 e. The molecule has 0 fully saturated rings. The van der Waals surface area contributed by atoms with Crippen LogP contribution in [0, 0.1) is 0 Å². The molecule has 1 aliphatic rings. The summed E-state index contributed by atoms with van der Waals surface area (Å²) in [6, 6.07) is 9.21. The molecule has 18 heavy (non-hydrogen) atoms. The third-order valence-corrected chi connectivity index (χ3v) is 3.46. The summed E-state index contributed by atoms with van der Waals surface area (Å²) < 4.78 is 0.754. The van der Waals surface area contributed by atoms with E-state index in [-0.39, 0.29) is 22.9 Å². The van der Waals surface area contributed by atoms with Gasteiger partial charge in [-0.25, -0.2) is 0 Å². The van der Waals surface area contributed by atoms with Crippen LogP contribution >= 0.6 is 15.9 Å². The molecule has 88 valence electrons. The topological polar surface area (TPSA) is 54.4 Å². The second kappa shape index (κ2) is 3.78. The molecule has 0 atom stereocenters. The van der Waals surface area contributed by atoms with Crippen molar-refractivity contribution in [1.82, 2.24) is 0 Å². The Morgan fingerprint density at radius 1 is 0.778 bits per heavy atom. The normalized spacial score (nSPS) is 13.2. The second-order valence-electron chi connectivity index (χ2n) is 4.08. The number of hydrogen-bond acceptors (Lipinski definition) is 3. The number of ketones is 2. The van der Waals surface area contributed by atoms with E-state index in [4.69, 9.17) is 0 Å². The zero-order valence-corrected chi connectivity index (χ0v) is 10.7. The van der Waals surface area contributed by atoms with Crippen LogP contribution in [0.4, 0.5) is 0 Å². The number of phenolic OH excluding ortho intramolecular Hbond substituents is 1. The lowest BCUT2D eigenvalue weighted by Crippen LogP contribution is -2.20. The van der Waals surface area contributed by atoms with Crippen LogP contribution in [0.15, 0.2) is 40.9 Å². The average molecular weight is 303 g/mol. The van der Waals surface area contributed by atoms with Gasteiger partial charge in [-0.05, 0) is 36.4 Å². The van der Waals surface area contributed by atoms with Crippen molar-refractivity contribution < 1.29 is 14.7 Å². The van der Waals surface area contributed by atoms with Crippen molar-refractivity contribution in [3.05, 3.63) is 63.1 Å². The number of carbonyl (C=O) groups excluding carboxylic acids is 2. The molecule has 0 amide bonds. The molecule has 0 saturated heterocycles. The van der Waals surface area contributed by atoms with Crippen LogP contribution in [0.1, 0.15) is 31.8 Å². The molecule has 3 nitrogen and oxygen atoms in total. The maximum Gasteiger partial charge on any atom is 0.194 e. The van der Waals surface area contributed by atoms with E-state index in [1.807, 2.05) is 0 Å². The van der Waals surface area contributed by atoms with Gasteiger partial charge in [0, 0.05) is 26.7 Å². The Morgan fingerprint density at radius 2 is 1.33 bits per heavy atom. The first-order valence-corrected chi connectivity index (χ1v) is 6.09. The van der Waals surface area contributed by atoms with Crippen molar-refractivity contribution in [2.75, 3.05) is 0 Å². The Hall–Kier alpha value is -1.94. The van der Waals surface area contributed by atoms with E-state index in [2.05, 4.69) is 15.9 Å². The first-order chi connectivity index (χ1) is 8.58. The monoisotopic (exact) mass is 302 g/mol. The lowest BCUT2D eigenvalue weighted by Gasteiger charge is -2.17. The summed E-state index contributed by atoms with van der Waals surface area (Å²) >= 11 is 3.29. The third kappa shape index (κ3) is 1.49. The molecule has 3 rings (SSSR count). The van der Waals surface area contributed by atoms with Gasteiger partial charge in [0.25, 0.3) is 0 Å². The number of carbonyl (C=O) groups is 2. The van der Waals surface area contributed by atoms with Crippen LogP contribution in [0.3, 0.4) is 0 Å². The summed E-state index contributed by atoms with van der Waals surface area (Å²) in [5.41, 5.74) is 1.37. The van der Waals surface area contributed by atoms with E-state index in [1.165, 1.54) is 18.2 Å². The Morgan fingerprint density at radius 3 is 2.00 bits per heavy atom. The van der Waals surface area contributed by atoms with Gasteiger partial charge in [0.1, 0.15) is 5.75 Å². The molecule has 0 aliphatic heterocycles. The quantitative estimate of drug-likeness (QED) is 0.694. The Kier molecular flexibility index (Phi) is 2.35. The zero-order valence-electron chi connectivity index (χ0n) is 9.11. The molecule has 0 heterocycles. The van der Waals surface area contributed by atoms with Crippen LogP contribution in [0.25, 0.3) is 0 Å². The number of phenols is 1. The first-order valence-electron chi connectivity index (χ1n) is 5.30. The standard InChI is InChI=1S/C14H7BrO3/c15-7-1-3-9-11(5-7)13(17)10-4-2-8(16)6-12(10)14(9)18/h1-6,16H. The van der Waals surface area contributed by atoms with Crippen molar-refractivity contribution in [3.63, 3.8) is 0 Å². The van der Waals surface area contributed by atoms with Gasteiger partial charge in [-0.15, -0.1) is 0 Å². The van der Waals surface area contributed by atoms with E-state index in [1.54, 1.807) is 18.2 Å². The van der Waals surface area contributed by atoms with Gasteiger partial charge >= 0.3 is 0 Å². The summed E-state index contributed by atoms with van der Waals surface area (Å²) in [6.45, 7) is 0. The Bertz CT molecular complexity index is 643. The molecule has 1 N–H and O–H groups in total. The fourth-order valence-electron chi connectivity index (χ4n) is 2.11. The van der Waals surface area contributed by atoms with Crippen molar-refractivity contribution in [3.8, 4) is 5.75 Å². The number of benzene rings is 2. The summed E-state index contributed by atoms with van der Waals surface area (Å²) in [4.78, 5) is 24.5. The van der Waals surface area contributed by atoms with Gasteiger partial charge in [-0.3, -0.25) is 9.59 Å². The minimum Gasteiger partial charge on any atom is -0.508 e. The number of fused-ring (bicyclic) bond motifs is 2. The molecule has 0 radical (unpaired) electrons. The van der Waals surface area contributed by atoms with Gasteiger partial charge in [0.05, 0.1) is 0 Å². The minimum absolute atomic E-state index is 0.0181. The smallest absolute Gasteiger partial charge is 0.194 e. The molecule has 0 saturated carbocycles. The first kappa shape index (κ1) is 11.2. The zero-order chi connectivity index (χ0) is 12.9. The SMILES string of the molecule is O=C1c2ccc(Br)cc2C(=O)c2ccc(O)cc21. The highest BCUT2D eigenvalue weighted by Gasteiger charge is 2.29. The van der Waals surface area contributed by atoms with E-state index >= 15 is 0 Å². The van der Waals surface area contributed by atoms with Gasteiger partial charge in [-0.2, -0.15) is 0 Å². The molecule has 0 aromatic heterocycles. The van der Waals surface area contributed by atoms with Crippen LogP contribution in [0.2, 0.25) is 0 Å². The summed E-state index contributed by atoms with van der Waals surface area (Å²) in [5.74, 6) is -0.445. The Labute approximate surface area is 111 Å². The van der Waals surface area contributed by atoms with Crippen molar-refractivity contribution in [1.29, 1.82) is 0 Å². The molecule has 4 heteroatoms. The molecule has 2 aromatic carbocycles. The predicted octanol–water partition coefficient (Wildman–Crippen LogP) is 2.93. The fraction of sp³-hybridized carbons (Fsp3) is 0. The molecule has 0 spiro atoms. The molecule has 0 bridgehead atoms. The molecule has 1 aliphatic carbocycles. The highest BCUT2D eigenvalue weighted by atomic mass is 79.9. The van der Waals surface area contributed by atoms with Crippen molar-refractivity contribution in [2.24, 2.45) is 0 Å². The van der Waals surface area contributed by atoms with Crippen molar-refractivity contribution in [2.45, 2.75) is 0 Å². The minimum atomic E-state index is -0.233. The van der Waals surface area contributed by atoms with Gasteiger partial charge in [0.2, 0.25) is 0 Å². The number of halogens is 1. The lowest BCUT2D eigenvalue weighted by molar-refractivity contribution is 0.0979. The summed E-state index contributed by atoms with van der Waals surface area (Å²) in [7, 11) is 0. The van der Waals surface area contributed by atoms with Crippen LogP contribution in [-0.2, 0) is 0 Å². The van der Waals surface area contributed by atoms with Crippen LogP contribution < -0.4 is 0 Å². The van der Waals surface area contributed by atoms with Gasteiger partial charge < -0.3 is 5.11 Å². The second-order valence-corrected chi connectivity index (χ2v) is 4.99. The van der Waals surface area contributed by atoms with Gasteiger partial charge in [0.15, 0.2) is 11.6 Å². The maximum absolute atomic E-state index is 12.3. The summed E-state index contributed by atoms with van der Waals surface area (Å²) in [6.07, 6.45) is 0. The number of aromatic hydroxyl groups is 1. The van der Waals surface area contributed by atoms with Crippen molar-refractivity contribution >= 4 is 27.5 Å². The average Bonchev–Trinajstić information content (AvgIpc) is 2.36. The molecule has 2 aromatic rings. The highest BCUT2D eigenvalue weighted by Crippen LogP contribution is 2.30. The number of hydrogen-bond donors (Lipinski definition) is 1. The van der Waals surface area contributed by atoms with Crippen LogP contribution in [0.5, 0.6) is 5.75 Å². The molecule has 0 unspecified atom stereocenters. The predicted molar refractivity (Wildman–Crippen MR) is 69.1 cm³/mol.